The summed E-state index contributed by atoms with van der Waals surface area (Å²) in [6.45, 7) is 8.84. The van der Waals surface area contributed by atoms with Crippen molar-refractivity contribution in [3.8, 4) is 0 Å². The fourth-order valence-corrected chi connectivity index (χ4v) is 3.03. The molecular weight excluding hydrogens is 340 g/mol. The summed E-state index contributed by atoms with van der Waals surface area (Å²) in [4.78, 5) is 6.94. The van der Waals surface area contributed by atoms with Gasteiger partial charge in [-0.05, 0) is 38.8 Å². The topological polar surface area (TPSA) is 58.1 Å². The van der Waals surface area contributed by atoms with E-state index in [1.54, 1.807) is 0 Å². The van der Waals surface area contributed by atoms with E-state index < -0.39 is 0 Å². The van der Waals surface area contributed by atoms with Gasteiger partial charge in [0.1, 0.15) is 0 Å². The second-order valence-corrected chi connectivity index (χ2v) is 6.97. The van der Waals surface area contributed by atoms with E-state index in [1.165, 1.54) is 5.56 Å². The Morgan fingerprint density at radius 3 is 2.89 bits per heavy atom. The van der Waals surface area contributed by atoms with Crippen LogP contribution in [0.5, 0.6) is 0 Å². The molecule has 6 nitrogen and oxygen atoms in total. The van der Waals surface area contributed by atoms with E-state index in [4.69, 9.17) is 9.47 Å². The molecule has 0 bridgehead atoms. The molecule has 0 aromatic heterocycles. The van der Waals surface area contributed by atoms with Gasteiger partial charge in [0.05, 0.1) is 12.7 Å². The van der Waals surface area contributed by atoms with E-state index >= 15 is 0 Å². The van der Waals surface area contributed by atoms with Gasteiger partial charge in [-0.3, -0.25) is 4.99 Å². The van der Waals surface area contributed by atoms with Crippen LogP contribution in [0, 0.1) is 0 Å². The van der Waals surface area contributed by atoms with Crippen molar-refractivity contribution >= 4 is 5.96 Å². The molecule has 1 heterocycles. The van der Waals surface area contributed by atoms with Crippen molar-refractivity contribution in [2.24, 2.45) is 4.99 Å². The second kappa shape index (κ2) is 13.5. The third-order valence-corrected chi connectivity index (χ3v) is 4.47. The van der Waals surface area contributed by atoms with Crippen molar-refractivity contribution in [1.29, 1.82) is 0 Å². The number of hydrogen-bond acceptors (Lipinski definition) is 4. The molecular formula is C21H36N4O2. The van der Waals surface area contributed by atoms with E-state index in [0.717, 1.165) is 77.8 Å². The SMILES string of the molecule is CCNC(=NCCCOCC1CCCO1)NCCN(C)Cc1ccccc1. The van der Waals surface area contributed by atoms with Gasteiger partial charge in [0.2, 0.25) is 0 Å². The number of ether oxygens (including phenoxy) is 2. The van der Waals surface area contributed by atoms with Crippen LogP contribution in [0.15, 0.2) is 35.3 Å². The molecule has 0 amide bonds. The number of aliphatic imine (C=N–C) groups is 1. The van der Waals surface area contributed by atoms with Gasteiger partial charge < -0.3 is 25.0 Å². The molecule has 1 fully saturated rings. The summed E-state index contributed by atoms with van der Waals surface area (Å²) in [5, 5.41) is 6.71. The summed E-state index contributed by atoms with van der Waals surface area (Å²) in [6.07, 6.45) is 3.53. The molecule has 1 aromatic rings. The van der Waals surface area contributed by atoms with Gasteiger partial charge >= 0.3 is 0 Å². The average Bonchev–Trinajstić information content (AvgIpc) is 3.18. The number of rotatable bonds is 12. The first-order valence-corrected chi connectivity index (χ1v) is 10.2. The smallest absolute Gasteiger partial charge is 0.191 e. The molecule has 6 heteroatoms. The van der Waals surface area contributed by atoms with Crippen molar-refractivity contribution in [2.75, 3.05) is 53.0 Å². The predicted molar refractivity (Wildman–Crippen MR) is 111 cm³/mol. The van der Waals surface area contributed by atoms with Crippen molar-refractivity contribution in [2.45, 2.75) is 38.8 Å². The largest absolute Gasteiger partial charge is 0.379 e. The first-order valence-electron chi connectivity index (χ1n) is 10.2. The molecule has 1 aliphatic heterocycles. The maximum atomic E-state index is 5.69. The highest BCUT2D eigenvalue weighted by Gasteiger charge is 2.14. The van der Waals surface area contributed by atoms with Gasteiger partial charge in [0, 0.05) is 45.9 Å². The minimum Gasteiger partial charge on any atom is -0.379 e. The van der Waals surface area contributed by atoms with Gasteiger partial charge in [-0.1, -0.05) is 30.3 Å². The molecule has 2 rings (SSSR count). The van der Waals surface area contributed by atoms with Crippen LogP contribution in [0.1, 0.15) is 31.7 Å². The Labute approximate surface area is 164 Å². The summed E-state index contributed by atoms with van der Waals surface area (Å²) >= 11 is 0. The van der Waals surface area contributed by atoms with Crippen LogP contribution in [0.4, 0.5) is 0 Å². The van der Waals surface area contributed by atoms with Crippen LogP contribution in [-0.2, 0) is 16.0 Å². The van der Waals surface area contributed by atoms with Crippen LogP contribution in [-0.4, -0.2) is 70.0 Å². The van der Waals surface area contributed by atoms with Crippen LogP contribution in [0.2, 0.25) is 0 Å². The van der Waals surface area contributed by atoms with Gasteiger partial charge in [0.15, 0.2) is 5.96 Å². The Hall–Kier alpha value is -1.63. The van der Waals surface area contributed by atoms with Gasteiger partial charge in [-0.25, -0.2) is 0 Å². The Kier molecular flexibility index (Phi) is 10.9. The molecule has 1 aromatic carbocycles. The normalized spacial score (nSPS) is 17.4. The zero-order valence-corrected chi connectivity index (χ0v) is 17.0. The monoisotopic (exact) mass is 376 g/mol. The Balaban J connectivity index is 1.56. The van der Waals surface area contributed by atoms with Gasteiger partial charge in [-0.15, -0.1) is 0 Å². The molecule has 0 aliphatic carbocycles. The maximum absolute atomic E-state index is 5.69. The third-order valence-electron chi connectivity index (χ3n) is 4.47. The molecule has 1 unspecified atom stereocenters. The minimum atomic E-state index is 0.306. The summed E-state index contributed by atoms with van der Waals surface area (Å²) in [7, 11) is 2.14. The minimum absolute atomic E-state index is 0.306. The molecule has 0 saturated carbocycles. The quantitative estimate of drug-likeness (QED) is 0.333. The van der Waals surface area contributed by atoms with E-state index in [1.807, 2.05) is 0 Å². The van der Waals surface area contributed by atoms with Crippen molar-refractivity contribution < 1.29 is 9.47 Å². The molecule has 152 valence electrons. The van der Waals surface area contributed by atoms with E-state index in [9.17, 15) is 0 Å². The number of nitrogens with one attached hydrogen (secondary N) is 2. The maximum Gasteiger partial charge on any atom is 0.191 e. The lowest BCUT2D eigenvalue weighted by atomic mass is 10.2. The number of hydrogen-bond donors (Lipinski definition) is 2. The standard InChI is InChI=1S/C21H36N4O2/c1-3-22-21(23-12-8-15-26-18-20-11-7-16-27-20)24-13-14-25(2)17-19-9-5-4-6-10-19/h4-6,9-10,20H,3,7-8,11-18H2,1-2H3,(H2,22,23,24). The summed E-state index contributed by atoms with van der Waals surface area (Å²) in [6, 6.07) is 10.5. The highest BCUT2D eigenvalue weighted by Crippen LogP contribution is 2.11. The van der Waals surface area contributed by atoms with Crippen molar-refractivity contribution in [1.82, 2.24) is 15.5 Å². The summed E-state index contributed by atoms with van der Waals surface area (Å²) in [5.41, 5.74) is 1.34. The molecule has 2 N–H and O–H groups in total. The summed E-state index contributed by atoms with van der Waals surface area (Å²) < 4.78 is 11.2. The van der Waals surface area contributed by atoms with Crippen LogP contribution < -0.4 is 10.6 Å². The Bertz CT molecular complexity index is 518. The van der Waals surface area contributed by atoms with Crippen LogP contribution in [0.3, 0.4) is 0 Å². The first kappa shape index (κ1) is 21.7. The number of guanidine groups is 1. The number of benzene rings is 1. The van der Waals surface area contributed by atoms with Gasteiger partial charge in [-0.2, -0.15) is 0 Å². The molecule has 1 atom stereocenters. The lowest BCUT2D eigenvalue weighted by Crippen LogP contribution is -2.41. The van der Waals surface area contributed by atoms with E-state index in [2.05, 4.69) is 64.8 Å². The fraction of sp³-hybridized carbons (Fsp3) is 0.667. The molecule has 1 saturated heterocycles. The predicted octanol–water partition coefficient (Wildman–Crippen LogP) is 2.26. The fourth-order valence-electron chi connectivity index (χ4n) is 3.03. The lowest BCUT2D eigenvalue weighted by Gasteiger charge is -2.18. The highest BCUT2D eigenvalue weighted by atomic mass is 16.5. The number of nitrogens with zero attached hydrogens (tertiary/aromatic N) is 2. The molecule has 0 radical (unpaired) electrons. The van der Waals surface area contributed by atoms with Crippen LogP contribution in [0.25, 0.3) is 0 Å². The van der Waals surface area contributed by atoms with Crippen LogP contribution >= 0.6 is 0 Å². The molecule has 0 spiro atoms. The average molecular weight is 377 g/mol. The van der Waals surface area contributed by atoms with Gasteiger partial charge in [0.25, 0.3) is 0 Å². The lowest BCUT2D eigenvalue weighted by molar-refractivity contribution is 0.0171. The van der Waals surface area contributed by atoms with E-state index in [0.29, 0.717) is 6.10 Å². The zero-order valence-electron chi connectivity index (χ0n) is 17.0. The second-order valence-electron chi connectivity index (χ2n) is 6.97. The summed E-state index contributed by atoms with van der Waals surface area (Å²) in [5.74, 6) is 0.879. The van der Waals surface area contributed by atoms with Crippen molar-refractivity contribution in [3.63, 3.8) is 0 Å². The highest BCUT2D eigenvalue weighted by molar-refractivity contribution is 5.79. The molecule has 27 heavy (non-hydrogen) atoms. The van der Waals surface area contributed by atoms with Crippen molar-refractivity contribution in [3.05, 3.63) is 35.9 Å². The van der Waals surface area contributed by atoms with E-state index in [-0.39, 0.29) is 0 Å². The third kappa shape index (κ3) is 9.75. The Morgan fingerprint density at radius 1 is 1.30 bits per heavy atom. The zero-order chi connectivity index (χ0) is 19.2. The number of likely N-dealkylation sites (N-methyl/N-ethyl adjacent to an activating group) is 1. The molecule has 1 aliphatic rings. The first-order chi connectivity index (χ1) is 13.3. The Morgan fingerprint density at radius 2 is 2.15 bits per heavy atom.